The van der Waals surface area contributed by atoms with Crippen LogP contribution in [0.5, 0.6) is 5.75 Å². The Labute approximate surface area is 248 Å². The molecule has 0 amide bonds. The van der Waals surface area contributed by atoms with Crippen molar-refractivity contribution < 1.29 is 29.3 Å². The van der Waals surface area contributed by atoms with Gasteiger partial charge in [-0.05, 0) is 99.8 Å². The molecule has 6 heteroatoms. The Morgan fingerprint density at radius 3 is 2.45 bits per heavy atom. The maximum absolute atomic E-state index is 11.9. The summed E-state index contributed by atoms with van der Waals surface area (Å²) in [5, 5.41) is 19.9. The maximum atomic E-state index is 11.9. The molecule has 0 spiro atoms. The first-order valence-corrected chi connectivity index (χ1v) is 15.3. The van der Waals surface area contributed by atoms with Crippen LogP contribution in [0.25, 0.3) is 5.76 Å². The van der Waals surface area contributed by atoms with E-state index in [0.717, 1.165) is 24.8 Å². The number of fused-ring (bicyclic) bond motifs is 6. The van der Waals surface area contributed by atoms with Crippen LogP contribution in [0, 0.1) is 17.3 Å². The summed E-state index contributed by atoms with van der Waals surface area (Å²) in [7, 11) is 0. The lowest BCUT2D eigenvalue weighted by Crippen LogP contribution is -2.45. The lowest BCUT2D eigenvalue weighted by Gasteiger charge is -2.50. The fourth-order valence-corrected chi connectivity index (χ4v) is 7.87. The molecule has 6 rings (SSSR count). The van der Waals surface area contributed by atoms with Crippen LogP contribution in [-0.2, 0) is 20.7 Å². The first-order valence-electron chi connectivity index (χ1n) is 15.3. The van der Waals surface area contributed by atoms with Gasteiger partial charge in [-0.25, -0.2) is 0 Å². The summed E-state index contributed by atoms with van der Waals surface area (Å²) in [4.78, 5) is 35.6. The van der Waals surface area contributed by atoms with Gasteiger partial charge in [0.2, 0.25) is 11.6 Å². The number of allylic oxidation sites excluding steroid dienone is 3. The highest BCUT2D eigenvalue weighted by atomic mass is 16.5. The number of carbonyl (C=O) groups is 3. The van der Waals surface area contributed by atoms with Crippen LogP contribution in [0.4, 0.5) is 0 Å². The van der Waals surface area contributed by atoms with Crippen LogP contribution in [0.3, 0.4) is 0 Å². The van der Waals surface area contributed by atoms with Crippen molar-refractivity contribution in [3.8, 4) is 5.75 Å². The molecule has 2 aromatic carbocycles. The molecule has 0 saturated heterocycles. The number of aryl methyl sites for hydroxylation is 1. The summed E-state index contributed by atoms with van der Waals surface area (Å²) < 4.78 is 5.83. The number of phenolic OH excluding ortho intramolecular Hbond substituents is 1. The molecule has 4 aliphatic carbocycles. The smallest absolute Gasteiger partial charge is 0.305 e. The second-order valence-electron chi connectivity index (χ2n) is 12.8. The molecule has 0 radical (unpaired) electrons. The van der Waals surface area contributed by atoms with Crippen molar-refractivity contribution >= 4 is 23.3 Å². The molecular formula is C36H42O6. The lowest BCUT2D eigenvalue weighted by molar-refractivity contribution is -0.157. The number of ether oxygens (including phenoxy) is 1. The topological polar surface area (TPSA) is 101 Å². The zero-order valence-corrected chi connectivity index (χ0v) is 25.1. The first kappa shape index (κ1) is 29.8. The molecule has 2 aromatic rings. The molecule has 42 heavy (non-hydrogen) atoms. The standard InChI is InChI=1S/C21H28O3.C15H14O3/c1-3-20(23)24-19-9-8-18-17-6-4-13-12-14(22)5-7-15(13)16(17)10-11-21(18,19)2;1-9(2)7-8-12-13(16)10-5-3-4-6-11(10)14(17)15(12)18/h5,7,12,16-19,22H,3-4,6,8-11H2,1-2H3;3-7,16H,8H2,1-2H3. The van der Waals surface area contributed by atoms with Gasteiger partial charge in [-0.15, -0.1) is 0 Å². The van der Waals surface area contributed by atoms with Crippen molar-refractivity contribution in [1.82, 2.24) is 0 Å². The third-order valence-electron chi connectivity index (χ3n) is 10.1. The molecule has 5 unspecified atom stereocenters. The average molecular weight is 571 g/mol. The van der Waals surface area contributed by atoms with Crippen LogP contribution < -0.4 is 0 Å². The number of aromatic hydroxyl groups is 1. The zero-order valence-electron chi connectivity index (χ0n) is 25.1. The molecule has 2 fully saturated rings. The van der Waals surface area contributed by atoms with E-state index in [9.17, 15) is 24.6 Å². The summed E-state index contributed by atoms with van der Waals surface area (Å²) in [6.45, 7) is 8.05. The Morgan fingerprint density at radius 2 is 1.74 bits per heavy atom. The molecule has 0 aliphatic heterocycles. The van der Waals surface area contributed by atoms with E-state index in [2.05, 4.69) is 13.0 Å². The van der Waals surface area contributed by atoms with Gasteiger partial charge in [-0.2, -0.15) is 0 Å². The van der Waals surface area contributed by atoms with Gasteiger partial charge in [0.15, 0.2) is 0 Å². The number of Topliss-reactive ketones (excluding diaryl/α,β-unsaturated/α-hetero) is 2. The second-order valence-corrected chi connectivity index (χ2v) is 12.8. The third kappa shape index (κ3) is 5.44. The van der Waals surface area contributed by atoms with E-state index < -0.39 is 11.6 Å². The highest BCUT2D eigenvalue weighted by molar-refractivity contribution is 6.52. The van der Waals surface area contributed by atoms with Gasteiger partial charge >= 0.3 is 5.97 Å². The van der Waals surface area contributed by atoms with Crippen molar-refractivity contribution in [1.29, 1.82) is 0 Å². The summed E-state index contributed by atoms with van der Waals surface area (Å²) in [5.41, 5.74) is 4.89. The third-order valence-corrected chi connectivity index (χ3v) is 10.1. The van der Waals surface area contributed by atoms with Crippen molar-refractivity contribution in [3.05, 3.63) is 81.9 Å². The number of aliphatic hydroxyl groups is 1. The molecule has 5 atom stereocenters. The first-order chi connectivity index (χ1) is 20.0. The molecule has 0 heterocycles. The number of benzene rings is 2. The molecular weight excluding hydrogens is 528 g/mol. The molecule has 2 saturated carbocycles. The number of hydrogen-bond acceptors (Lipinski definition) is 6. The molecule has 4 aliphatic rings. The zero-order chi connectivity index (χ0) is 30.2. The van der Waals surface area contributed by atoms with Gasteiger partial charge in [0.25, 0.3) is 0 Å². The van der Waals surface area contributed by atoms with E-state index >= 15 is 0 Å². The Hall–Kier alpha value is -3.67. The van der Waals surface area contributed by atoms with Gasteiger partial charge < -0.3 is 14.9 Å². The van der Waals surface area contributed by atoms with E-state index in [1.807, 2.05) is 39.0 Å². The second kappa shape index (κ2) is 11.9. The van der Waals surface area contributed by atoms with Crippen LogP contribution in [0.15, 0.2) is 59.7 Å². The molecule has 0 aromatic heterocycles. The molecule has 2 N–H and O–H groups in total. The van der Waals surface area contributed by atoms with Crippen LogP contribution >= 0.6 is 0 Å². The van der Waals surface area contributed by atoms with Gasteiger partial charge in [0.05, 0.1) is 0 Å². The van der Waals surface area contributed by atoms with Gasteiger partial charge in [0.1, 0.15) is 17.6 Å². The molecule has 222 valence electrons. The predicted octanol–water partition coefficient (Wildman–Crippen LogP) is 7.65. The van der Waals surface area contributed by atoms with Crippen LogP contribution in [0.1, 0.15) is 106 Å². The SMILES string of the molecule is CC(C)=CCC1=C(O)c2ccccc2C(=O)C1=O.CCC(=O)OC1CCC2C3CCc4cc(O)ccc4C3CCC12C. The van der Waals surface area contributed by atoms with Crippen LogP contribution in [-0.4, -0.2) is 33.9 Å². The minimum atomic E-state index is -0.608. The van der Waals surface area contributed by atoms with E-state index in [4.69, 9.17) is 4.74 Å². The van der Waals surface area contributed by atoms with Gasteiger partial charge in [0, 0.05) is 28.5 Å². The summed E-state index contributed by atoms with van der Waals surface area (Å²) in [6.07, 6.45) is 9.49. The van der Waals surface area contributed by atoms with Crippen LogP contribution in [0.2, 0.25) is 0 Å². The van der Waals surface area contributed by atoms with Crippen molar-refractivity contribution in [2.45, 2.75) is 91.1 Å². The quantitative estimate of drug-likeness (QED) is 0.222. The number of rotatable bonds is 4. The molecule has 0 bridgehead atoms. The number of ketones is 2. The Kier molecular flexibility index (Phi) is 8.45. The Balaban J connectivity index is 0.000000176. The monoisotopic (exact) mass is 570 g/mol. The van der Waals surface area contributed by atoms with E-state index in [1.165, 1.54) is 30.4 Å². The highest BCUT2D eigenvalue weighted by Crippen LogP contribution is 2.61. The minimum absolute atomic E-state index is 0.0477. The Bertz CT molecular complexity index is 1460. The van der Waals surface area contributed by atoms with Gasteiger partial charge in [-0.1, -0.05) is 55.8 Å². The number of hydrogen-bond donors (Lipinski definition) is 2. The molecule has 6 nitrogen and oxygen atoms in total. The lowest BCUT2D eigenvalue weighted by atomic mass is 9.55. The number of carbonyl (C=O) groups excluding carboxylic acids is 3. The van der Waals surface area contributed by atoms with Crippen molar-refractivity contribution in [2.24, 2.45) is 17.3 Å². The fourth-order valence-electron chi connectivity index (χ4n) is 7.87. The number of aliphatic hydroxyl groups excluding tert-OH is 1. The highest BCUT2D eigenvalue weighted by Gasteiger charge is 2.56. The van der Waals surface area contributed by atoms with Crippen molar-refractivity contribution in [2.75, 3.05) is 0 Å². The predicted molar refractivity (Wildman–Crippen MR) is 162 cm³/mol. The average Bonchev–Trinajstić information content (AvgIpc) is 3.31. The van der Waals surface area contributed by atoms with E-state index in [1.54, 1.807) is 24.3 Å². The van der Waals surface area contributed by atoms with Crippen molar-refractivity contribution in [3.63, 3.8) is 0 Å². The largest absolute Gasteiger partial charge is 0.508 e. The summed E-state index contributed by atoms with van der Waals surface area (Å²) >= 11 is 0. The Morgan fingerprint density at radius 1 is 1.00 bits per heavy atom. The summed E-state index contributed by atoms with van der Waals surface area (Å²) in [5.74, 6) is 1.10. The maximum Gasteiger partial charge on any atom is 0.305 e. The van der Waals surface area contributed by atoms with Gasteiger partial charge in [-0.3, -0.25) is 14.4 Å². The summed E-state index contributed by atoms with van der Waals surface area (Å²) in [6, 6.07) is 12.6. The minimum Gasteiger partial charge on any atom is -0.508 e. The number of esters is 1. The fraction of sp³-hybridized carbons (Fsp3) is 0.472. The van der Waals surface area contributed by atoms with E-state index in [-0.39, 0.29) is 40.8 Å². The van der Waals surface area contributed by atoms with E-state index in [0.29, 0.717) is 35.5 Å². The number of phenols is 1. The normalized spacial score (nSPS) is 27.5.